The van der Waals surface area contributed by atoms with Gasteiger partial charge in [0.25, 0.3) is 0 Å². The van der Waals surface area contributed by atoms with E-state index in [9.17, 15) is 14.0 Å². The summed E-state index contributed by atoms with van der Waals surface area (Å²) in [5.41, 5.74) is 1.51. The second kappa shape index (κ2) is 13.6. The Kier molecular flexibility index (Phi) is 10.5. The predicted octanol–water partition coefficient (Wildman–Crippen LogP) is 8.49. The van der Waals surface area contributed by atoms with Crippen LogP contribution in [-0.4, -0.2) is 18.0 Å². The summed E-state index contributed by atoms with van der Waals surface area (Å²) in [6.45, 7) is 8.29. The average Bonchev–Trinajstić information content (AvgIpc) is 2.88. The van der Waals surface area contributed by atoms with Gasteiger partial charge in [-0.1, -0.05) is 58.6 Å². The molecule has 0 saturated heterocycles. The van der Waals surface area contributed by atoms with Gasteiger partial charge in [0.05, 0.1) is 17.2 Å². The monoisotopic (exact) mass is 496 g/mol. The maximum atomic E-state index is 14.6. The molecule has 0 unspecified atom stereocenters. The number of halogens is 1. The van der Waals surface area contributed by atoms with E-state index in [4.69, 9.17) is 9.47 Å². The summed E-state index contributed by atoms with van der Waals surface area (Å²) in [4.78, 5) is 25.0. The van der Waals surface area contributed by atoms with Crippen molar-refractivity contribution in [3.8, 4) is 5.75 Å². The summed E-state index contributed by atoms with van der Waals surface area (Å²) < 4.78 is 25.4. The minimum Gasteiger partial charge on any atom is -0.459 e. The third-order valence-electron chi connectivity index (χ3n) is 7.66. The van der Waals surface area contributed by atoms with Crippen LogP contribution in [0.15, 0.2) is 42.5 Å². The van der Waals surface area contributed by atoms with Gasteiger partial charge in [0, 0.05) is 6.07 Å². The van der Waals surface area contributed by atoms with E-state index in [-0.39, 0.29) is 17.4 Å². The summed E-state index contributed by atoms with van der Waals surface area (Å²) in [5.74, 6) is -0.111. The fourth-order valence-electron chi connectivity index (χ4n) is 5.36. The summed E-state index contributed by atoms with van der Waals surface area (Å²) >= 11 is 0. The molecule has 5 heteroatoms. The number of ether oxygens (including phenoxy) is 2. The Morgan fingerprint density at radius 3 is 2.19 bits per heavy atom. The number of esters is 2. The van der Waals surface area contributed by atoms with Crippen LogP contribution >= 0.6 is 0 Å². The van der Waals surface area contributed by atoms with Crippen LogP contribution in [0.4, 0.5) is 4.39 Å². The zero-order valence-electron chi connectivity index (χ0n) is 22.2. The summed E-state index contributed by atoms with van der Waals surface area (Å²) in [7, 11) is 0. The van der Waals surface area contributed by atoms with E-state index >= 15 is 0 Å². The van der Waals surface area contributed by atoms with Crippen molar-refractivity contribution in [1.29, 1.82) is 0 Å². The highest BCUT2D eigenvalue weighted by Gasteiger charge is 2.23. The van der Waals surface area contributed by atoms with Gasteiger partial charge in [0.15, 0.2) is 0 Å². The summed E-state index contributed by atoms with van der Waals surface area (Å²) in [6, 6.07) is 11.4. The third-order valence-corrected chi connectivity index (χ3v) is 7.66. The van der Waals surface area contributed by atoms with Crippen molar-refractivity contribution >= 4 is 11.9 Å². The van der Waals surface area contributed by atoms with Gasteiger partial charge in [0.2, 0.25) is 0 Å². The predicted molar refractivity (Wildman–Crippen MR) is 141 cm³/mol. The lowest BCUT2D eigenvalue weighted by atomic mass is 9.77. The summed E-state index contributed by atoms with van der Waals surface area (Å²) in [5, 5.41) is 0. The van der Waals surface area contributed by atoms with Crippen LogP contribution in [0.2, 0.25) is 0 Å². The van der Waals surface area contributed by atoms with Gasteiger partial charge in [-0.15, -0.1) is 0 Å². The third kappa shape index (κ3) is 7.65. The molecule has 0 aliphatic heterocycles. The topological polar surface area (TPSA) is 52.6 Å². The molecule has 1 fully saturated rings. The van der Waals surface area contributed by atoms with Crippen LogP contribution in [0.25, 0.3) is 0 Å². The molecule has 0 spiro atoms. The molecule has 1 aliphatic rings. The fourth-order valence-corrected chi connectivity index (χ4v) is 5.36. The smallest absolute Gasteiger partial charge is 0.343 e. The van der Waals surface area contributed by atoms with Crippen LogP contribution in [0.1, 0.15) is 118 Å². The minimum atomic E-state index is -0.769. The zero-order chi connectivity index (χ0) is 26.1. The van der Waals surface area contributed by atoms with Crippen LogP contribution in [0, 0.1) is 17.7 Å². The van der Waals surface area contributed by atoms with Crippen LogP contribution in [-0.2, 0) is 4.74 Å². The van der Waals surface area contributed by atoms with E-state index in [1.54, 1.807) is 12.1 Å². The van der Waals surface area contributed by atoms with E-state index in [0.29, 0.717) is 17.4 Å². The highest BCUT2D eigenvalue weighted by atomic mass is 19.1. The highest BCUT2D eigenvalue weighted by molar-refractivity contribution is 5.92. The zero-order valence-corrected chi connectivity index (χ0v) is 22.2. The number of benzene rings is 2. The van der Waals surface area contributed by atoms with Crippen LogP contribution in [0.3, 0.4) is 0 Å². The standard InChI is InChI=1S/C31H41FO4/c1-5-8-23-9-11-24(12-10-23)25-13-15-26(16-14-25)30(33)36-27-17-18-28(29(32)20-27)31(34)35-21(4)19-22(6-2)7-3/h13-18,20-24H,5-12,19H2,1-4H3/t21-,23?,24?/m1/s1. The Hall–Kier alpha value is -2.69. The first kappa shape index (κ1) is 27.9. The number of rotatable bonds is 11. The van der Waals surface area contributed by atoms with Gasteiger partial charge in [0.1, 0.15) is 11.6 Å². The number of carbonyl (C=O) groups excluding carboxylic acids is 2. The Labute approximate surface area is 215 Å². The average molecular weight is 497 g/mol. The molecular formula is C31H41FO4. The molecule has 0 heterocycles. The Morgan fingerprint density at radius 2 is 1.61 bits per heavy atom. The molecule has 0 radical (unpaired) electrons. The van der Waals surface area contributed by atoms with Crippen molar-refractivity contribution < 1.29 is 23.5 Å². The second-order valence-electron chi connectivity index (χ2n) is 10.3. The fraction of sp³-hybridized carbons (Fsp3) is 0.548. The molecule has 1 saturated carbocycles. The van der Waals surface area contributed by atoms with Crippen molar-refractivity contribution in [3.05, 3.63) is 65.0 Å². The van der Waals surface area contributed by atoms with Gasteiger partial charge in [-0.2, -0.15) is 0 Å². The van der Waals surface area contributed by atoms with Gasteiger partial charge >= 0.3 is 11.9 Å². The van der Waals surface area contributed by atoms with Crippen molar-refractivity contribution in [2.75, 3.05) is 0 Å². The van der Waals surface area contributed by atoms with Crippen molar-refractivity contribution in [2.24, 2.45) is 11.8 Å². The molecular weight excluding hydrogens is 455 g/mol. The Bertz CT molecular complexity index is 988. The van der Waals surface area contributed by atoms with Crippen molar-refractivity contribution in [1.82, 2.24) is 0 Å². The normalized spacial score (nSPS) is 18.6. The first-order valence-electron chi connectivity index (χ1n) is 13.7. The van der Waals surface area contributed by atoms with Gasteiger partial charge < -0.3 is 9.47 Å². The molecule has 0 amide bonds. The SMILES string of the molecule is CCCC1CCC(c2ccc(C(=O)Oc3ccc(C(=O)O[C@H](C)CC(CC)CC)c(F)c3)cc2)CC1. The molecule has 2 aromatic carbocycles. The second-order valence-corrected chi connectivity index (χ2v) is 10.3. The maximum absolute atomic E-state index is 14.6. The van der Waals surface area contributed by atoms with E-state index in [1.807, 2.05) is 19.1 Å². The first-order chi connectivity index (χ1) is 17.3. The van der Waals surface area contributed by atoms with E-state index in [0.717, 1.165) is 31.2 Å². The van der Waals surface area contributed by atoms with Gasteiger partial charge in [-0.25, -0.2) is 14.0 Å². The maximum Gasteiger partial charge on any atom is 0.343 e. The van der Waals surface area contributed by atoms with E-state index < -0.39 is 17.8 Å². The van der Waals surface area contributed by atoms with Crippen LogP contribution < -0.4 is 4.74 Å². The lowest BCUT2D eigenvalue weighted by Crippen LogP contribution is -2.19. The molecule has 1 aliphatic carbocycles. The molecule has 36 heavy (non-hydrogen) atoms. The highest BCUT2D eigenvalue weighted by Crippen LogP contribution is 2.37. The molecule has 4 nitrogen and oxygen atoms in total. The molecule has 0 bridgehead atoms. The van der Waals surface area contributed by atoms with Gasteiger partial charge in [-0.3, -0.25) is 0 Å². The summed E-state index contributed by atoms with van der Waals surface area (Å²) in [6.07, 6.45) is 9.97. The van der Waals surface area contributed by atoms with Gasteiger partial charge in [-0.05, 0) is 86.6 Å². The van der Waals surface area contributed by atoms with E-state index in [2.05, 4.69) is 20.8 Å². The Balaban J connectivity index is 1.55. The number of hydrogen-bond acceptors (Lipinski definition) is 4. The molecule has 1 atom stereocenters. The quantitative estimate of drug-likeness (QED) is 0.231. The molecule has 0 aromatic heterocycles. The van der Waals surface area contributed by atoms with E-state index in [1.165, 1.54) is 56.2 Å². The van der Waals surface area contributed by atoms with Crippen LogP contribution in [0.5, 0.6) is 5.75 Å². The van der Waals surface area contributed by atoms with Crippen molar-refractivity contribution in [3.63, 3.8) is 0 Å². The molecule has 3 rings (SSSR count). The minimum absolute atomic E-state index is 0.0532. The number of carbonyl (C=O) groups is 2. The Morgan fingerprint density at radius 1 is 0.944 bits per heavy atom. The molecule has 0 N–H and O–H groups in total. The molecule has 196 valence electrons. The van der Waals surface area contributed by atoms with Crippen molar-refractivity contribution in [2.45, 2.75) is 97.5 Å². The lowest BCUT2D eigenvalue weighted by molar-refractivity contribution is 0.0280. The molecule has 2 aromatic rings. The first-order valence-corrected chi connectivity index (χ1v) is 13.7. The largest absolute Gasteiger partial charge is 0.459 e. The lowest BCUT2D eigenvalue weighted by Gasteiger charge is -2.28. The number of hydrogen-bond donors (Lipinski definition) is 0.